The molecule has 0 saturated heterocycles. The third kappa shape index (κ3) is 5.27. The molecule has 0 aliphatic rings. The lowest BCUT2D eigenvalue weighted by atomic mass is 10.3. The van der Waals surface area contributed by atoms with E-state index in [4.69, 9.17) is 0 Å². The lowest BCUT2D eigenvalue weighted by molar-refractivity contribution is -0.139. The number of hydrogen-bond acceptors (Lipinski definition) is 6. The van der Waals surface area contributed by atoms with Crippen molar-refractivity contribution in [3.05, 3.63) is 82.8 Å². The number of amides is 2. The zero-order chi connectivity index (χ0) is 20.7. The van der Waals surface area contributed by atoms with Crippen LogP contribution in [0.15, 0.2) is 77.3 Å². The van der Waals surface area contributed by atoms with E-state index in [2.05, 4.69) is 15.6 Å². The normalized spacial score (nSPS) is 12.1. The van der Waals surface area contributed by atoms with E-state index in [9.17, 15) is 18.0 Å². The van der Waals surface area contributed by atoms with Crippen LogP contribution in [0.2, 0.25) is 0 Å². The van der Waals surface area contributed by atoms with Gasteiger partial charge in [0.2, 0.25) is 0 Å². The molecule has 1 aromatic carbocycles. The zero-order valence-corrected chi connectivity index (χ0v) is 16.9. The molecule has 0 radical (unpaired) electrons. The molecule has 29 heavy (non-hydrogen) atoms. The molecule has 3 rings (SSSR count). The molecular weight excluding hydrogens is 410 g/mol. The van der Waals surface area contributed by atoms with Crippen LogP contribution in [0.3, 0.4) is 0 Å². The van der Waals surface area contributed by atoms with Gasteiger partial charge in [0.25, 0.3) is 0 Å². The van der Waals surface area contributed by atoms with Crippen LogP contribution >= 0.6 is 11.3 Å². The summed E-state index contributed by atoms with van der Waals surface area (Å²) in [7, 11) is -3.74. The first-order valence-electron chi connectivity index (χ1n) is 8.76. The lowest BCUT2D eigenvalue weighted by Crippen LogP contribution is -2.42. The van der Waals surface area contributed by atoms with Gasteiger partial charge in [-0.05, 0) is 41.3 Å². The highest BCUT2D eigenvalue weighted by Gasteiger charge is 2.31. The first-order valence-corrected chi connectivity index (χ1v) is 11.2. The van der Waals surface area contributed by atoms with E-state index in [1.165, 1.54) is 23.5 Å². The Morgan fingerprint density at radius 3 is 2.28 bits per heavy atom. The third-order valence-electron chi connectivity index (χ3n) is 4.16. The fourth-order valence-electron chi connectivity index (χ4n) is 2.64. The average Bonchev–Trinajstić information content (AvgIpc) is 3.27. The molecular formula is C20H19N3O4S2. The van der Waals surface area contributed by atoms with Crippen LogP contribution in [0.5, 0.6) is 0 Å². The minimum absolute atomic E-state index is 0.162. The van der Waals surface area contributed by atoms with Crippen LogP contribution in [0.4, 0.5) is 0 Å². The van der Waals surface area contributed by atoms with E-state index in [0.29, 0.717) is 4.88 Å². The van der Waals surface area contributed by atoms with E-state index >= 15 is 0 Å². The second kappa shape index (κ2) is 9.44. The summed E-state index contributed by atoms with van der Waals surface area (Å²) in [5.41, 5.74) is 0.796. The molecule has 7 nitrogen and oxygen atoms in total. The molecule has 0 aliphatic carbocycles. The summed E-state index contributed by atoms with van der Waals surface area (Å²) in [6.07, 6.45) is 3.17. The highest BCUT2D eigenvalue weighted by Crippen LogP contribution is 2.31. The van der Waals surface area contributed by atoms with Crippen molar-refractivity contribution in [2.45, 2.75) is 16.7 Å². The summed E-state index contributed by atoms with van der Waals surface area (Å²) in [5.74, 6) is -1.72. The minimum Gasteiger partial charge on any atom is -0.346 e. The number of nitrogens with zero attached hydrogens (tertiary/aromatic N) is 1. The molecule has 0 saturated carbocycles. The van der Waals surface area contributed by atoms with Gasteiger partial charge < -0.3 is 10.6 Å². The number of carbonyl (C=O) groups is 2. The van der Waals surface area contributed by atoms with Gasteiger partial charge in [0.1, 0.15) is 5.25 Å². The topological polar surface area (TPSA) is 105 Å². The standard InChI is InChI=1S/C20H19N3O4S2/c24-19(22-13-15-8-10-21-11-9-15)20(25)23-14-18(17-7-4-12-28-17)29(26,27)16-5-2-1-3-6-16/h1-12,18H,13-14H2,(H,22,24)(H,23,25)/t18-/m0/s1. The molecule has 2 amide bonds. The lowest BCUT2D eigenvalue weighted by Gasteiger charge is -2.17. The highest BCUT2D eigenvalue weighted by molar-refractivity contribution is 7.91. The van der Waals surface area contributed by atoms with Gasteiger partial charge in [0.15, 0.2) is 9.84 Å². The van der Waals surface area contributed by atoms with Gasteiger partial charge in [-0.15, -0.1) is 11.3 Å². The van der Waals surface area contributed by atoms with Crippen LogP contribution in [0.25, 0.3) is 0 Å². The number of rotatable bonds is 7. The summed E-state index contributed by atoms with van der Waals surface area (Å²) in [5, 5.41) is 5.73. The fraction of sp³-hybridized carbons (Fsp3) is 0.150. The Morgan fingerprint density at radius 2 is 1.62 bits per heavy atom. The summed E-state index contributed by atoms with van der Waals surface area (Å²) in [4.78, 5) is 28.9. The van der Waals surface area contributed by atoms with Crippen molar-refractivity contribution in [3.8, 4) is 0 Å². The van der Waals surface area contributed by atoms with Crippen molar-refractivity contribution < 1.29 is 18.0 Å². The minimum atomic E-state index is -3.74. The molecule has 0 bridgehead atoms. The zero-order valence-electron chi connectivity index (χ0n) is 15.3. The molecule has 3 aromatic rings. The Bertz CT molecular complexity index is 1050. The molecule has 0 unspecified atom stereocenters. The van der Waals surface area contributed by atoms with Gasteiger partial charge >= 0.3 is 11.8 Å². The number of sulfone groups is 1. The number of benzene rings is 1. The molecule has 9 heteroatoms. The Balaban J connectivity index is 1.67. The van der Waals surface area contributed by atoms with E-state index < -0.39 is 26.9 Å². The Morgan fingerprint density at radius 1 is 0.931 bits per heavy atom. The predicted octanol–water partition coefficient (Wildman–Crippen LogP) is 2.09. The van der Waals surface area contributed by atoms with Crippen molar-refractivity contribution in [3.63, 3.8) is 0 Å². The van der Waals surface area contributed by atoms with Gasteiger partial charge in [-0.25, -0.2) is 8.42 Å². The van der Waals surface area contributed by atoms with Crippen LogP contribution in [0, 0.1) is 0 Å². The molecule has 0 aliphatic heterocycles. The summed E-state index contributed by atoms with van der Waals surface area (Å²) < 4.78 is 26.1. The van der Waals surface area contributed by atoms with Crippen molar-refractivity contribution in [1.82, 2.24) is 15.6 Å². The number of hydrogen-bond donors (Lipinski definition) is 2. The van der Waals surface area contributed by atoms with Gasteiger partial charge in [0.05, 0.1) is 4.90 Å². The van der Waals surface area contributed by atoms with Gasteiger partial charge in [-0.1, -0.05) is 24.3 Å². The largest absolute Gasteiger partial charge is 0.346 e. The Hall–Kier alpha value is -3.04. The van der Waals surface area contributed by atoms with Crippen molar-refractivity contribution >= 4 is 33.0 Å². The highest BCUT2D eigenvalue weighted by atomic mass is 32.2. The smallest absolute Gasteiger partial charge is 0.309 e. The Kier molecular flexibility index (Phi) is 6.73. The van der Waals surface area contributed by atoms with E-state index in [1.54, 1.807) is 60.2 Å². The maximum absolute atomic E-state index is 13.1. The van der Waals surface area contributed by atoms with Crippen molar-refractivity contribution in [2.75, 3.05) is 6.54 Å². The number of aromatic nitrogens is 1. The van der Waals surface area contributed by atoms with Crippen LogP contribution < -0.4 is 10.6 Å². The number of nitrogens with one attached hydrogen (secondary N) is 2. The molecule has 1 atom stereocenters. The van der Waals surface area contributed by atoms with Gasteiger partial charge in [0, 0.05) is 30.4 Å². The third-order valence-corrected chi connectivity index (χ3v) is 7.40. The maximum Gasteiger partial charge on any atom is 0.309 e. The second-order valence-electron chi connectivity index (χ2n) is 6.11. The molecule has 0 spiro atoms. The fourth-order valence-corrected chi connectivity index (χ4v) is 5.45. The van der Waals surface area contributed by atoms with E-state index in [-0.39, 0.29) is 18.0 Å². The molecule has 0 fully saturated rings. The van der Waals surface area contributed by atoms with Crippen LogP contribution in [-0.4, -0.2) is 31.8 Å². The van der Waals surface area contributed by atoms with Crippen molar-refractivity contribution in [2.24, 2.45) is 0 Å². The quantitative estimate of drug-likeness (QED) is 0.560. The van der Waals surface area contributed by atoms with Gasteiger partial charge in [-0.2, -0.15) is 0 Å². The van der Waals surface area contributed by atoms with E-state index in [1.807, 2.05) is 0 Å². The summed E-state index contributed by atoms with van der Waals surface area (Å²) in [6, 6.07) is 14.9. The number of pyridine rings is 1. The average molecular weight is 430 g/mol. The molecule has 2 heterocycles. The number of carbonyl (C=O) groups excluding carboxylic acids is 2. The van der Waals surface area contributed by atoms with Crippen molar-refractivity contribution in [1.29, 1.82) is 0 Å². The molecule has 2 N–H and O–H groups in total. The maximum atomic E-state index is 13.1. The van der Waals surface area contributed by atoms with Gasteiger partial charge in [-0.3, -0.25) is 14.6 Å². The first-order chi connectivity index (χ1) is 14.0. The monoisotopic (exact) mass is 429 g/mol. The molecule has 2 aromatic heterocycles. The second-order valence-corrected chi connectivity index (χ2v) is 9.22. The molecule has 150 valence electrons. The van der Waals surface area contributed by atoms with Crippen LogP contribution in [0.1, 0.15) is 15.7 Å². The van der Waals surface area contributed by atoms with E-state index in [0.717, 1.165) is 5.56 Å². The number of thiophene rings is 1. The first kappa shape index (κ1) is 20.7. The Labute approximate surface area is 172 Å². The van der Waals surface area contributed by atoms with Crippen LogP contribution in [-0.2, 0) is 26.0 Å². The SMILES string of the molecule is O=C(NCc1ccncc1)C(=O)NC[C@@H](c1cccs1)S(=O)(=O)c1ccccc1. The summed E-state index contributed by atoms with van der Waals surface area (Å²) >= 11 is 1.28. The predicted molar refractivity (Wildman–Crippen MR) is 110 cm³/mol. The summed E-state index contributed by atoms with van der Waals surface area (Å²) in [6.45, 7) is -0.0370.